The summed E-state index contributed by atoms with van der Waals surface area (Å²) >= 11 is 0. The molecule has 1 aliphatic heterocycles. The number of hydroxylamine groups is 1. The highest BCUT2D eigenvalue weighted by Crippen LogP contribution is 2.42. The van der Waals surface area contributed by atoms with Crippen LogP contribution in [0.1, 0.15) is 41.0 Å². The smallest absolute Gasteiger partial charge is 0.342 e. The number of carbonyl (C=O) groups excluding carboxylic acids is 1. The molecule has 0 spiro atoms. The Hall–Kier alpha value is -2.68. The zero-order valence-corrected chi connectivity index (χ0v) is 13.4. The molecule has 25 heavy (non-hydrogen) atoms. The van der Waals surface area contributed by atoms with Crippen LogP contribution in [0.2, 0.25) is 0 Å². The Morgan fingerprint density at radius 2 is 2.00 bits per heavy atom. The Morgan fingerprint density at radius 3 is 2.56 bits per heavy atom. The number of hydrogen-bond donors (Lipinski definition) is 2. The highest BCUT2D eigenvalue weighted by Gasteiger charge is 2.40. The summed E-state index contributed by atoms with van der Waals surface area (Å²) in [6.45, 7) is 4.00. The maximum Gasteiger partial charge on any atom is 0.434 e. The first-order valence-electron chi connectivity index (χ1n) is 7.40. The second kappa shape index (κ2) is 5.69. The average molecular weight is 352 g/mol. The van der Waals surface area contributed by atoms with Crippen molar-refractivity contribution in [2.45, 2.75) is 32.1 Å². The highest BCUT2D eigenvalue weighted by molar-refractivity contribution is 5.95. The molecule has 6 nitrogen and oxygen atoms in total. The van der Waals surface area contributed by atoms with E-state index in [1.165, 1.54) is 0 Å². The first-order valence-corrected chi connectivity index (χ1v) is 7.40. The van der Waals surface area contributed by atoms with Crippen molar-refractivity contribution in [1.82, 2.24) is 15.4 Å². The Bertz CT molecular complexity index is 819. The predicted octanol–water partition coefficient (Wildman–Crippen LogP) is 2.87. The fourth-order valence-corrected chi connectivity index (χ4v) is 3.08. The molecule has 2 aromatic rings. The van der Waals surface area contributed by atoms with Crippen LogP contribution in [-0.4, -0.2) is 21.1 Å². The van der Waals surface area contributed by atoms with E-state index in [-0.39, 0.29) is 12.4 Å². The number of aromatic nitrogens is 2. The van der Waals surface area contributed by atoms with Crippen molar-refractivity contribution in [2.75, 3.05) is 4.90 Å². The third-order valence-corrected chi connectivity index (χ3v) is 4.38. The molecule has 3 rings (SSSR count). The number of amides is 1. The SMILES string of the molecule is CC1(C)c2cccc(C(=O)NO)c2CN1c1cnc(C(F)(F)F)cn1. The van der Waals surface area contributed by atoms with Gasteiger partial charge in [0.25, 0.3) is 5.91 Å². The van der Waals surface area contributed by atoms with Gasteiger partial charge in [-0.15, -0.1) is 0 Å². The molecule has 1 aromatic carbocycles. The Morgan fingerprint density at radius 1 is 1.28 bits per heavy atom. The lowest BCUT2D eigenvalue weighted by molar-refractivity contribution is -0.141. The van der Waals surface area contributed by atoms with E-state index in [2.05, 4.69) is 9.97 Å². The van der Waals surface area contributed by atoms with Gasteiger partial charge in [-0.25, -0.2) is 15.4 Å². The van der Waals surface area contributed by atoms with Gasteiger partial charge in [-0.2, -0.15) is 13.2 Å². The molecule has 0 unspecified atom stereocenters. The van der Waals surface area contributed by atoms with Gasteiger partial charge in [-0.3, -0.25) is 10.0 Å². The van der Waals surface area contributed by atoms with Crippen molar-refractivity contribution in [1.29, 1.82) is 0 Å². The van der Waals surface area contributed by atoms with E-state index in [4.69, 9.17) is 5.21 Å². The summed E-state index contributed by atoms with van der Waals surface area (Å²) in [7, 11) is 0. The average Bonchev–Trinajstić information content (AvgIpc) is 2.85. The van der Waals surface area contributed by atoms with Gasteiger partial charge in [-0.05, 0) is 31.0 Å². The standard InChI is InChI=1S/C16H15F3N4O2/c1-15(2)11-5-3-4-9(14(24)22-25)10(11)8-23(15)13-7-20-12(6-21-13)16(17,18)19/h3-7,25H,8H2,1-2H3,(H,22,24). The monoisotopic (exact) mass is 352 g/mol. The summed E-state index contributed by atoms with van der Waals surface area (Å²) in [4.78, 5) is 21.0. The van der Waals surface area contributed by atoms with Crippen LogP contribution in [0, 0.1) is 0 Å². The summed E-state index contributed by atoms with van der Waals surface area (Å²) in [5.41, 5.74) is 1.74. The van der Waals surface area contributed by atoms with Crippen LogP contribution in [0.4, 0.5) is 19.0 Å². The van der Waals surface area contributed by atoms with E-state index in [1.54, 1.807) is 22.5 Å². The van der Waals surface area contributed by atoms with Gasteiger partial charge in [0.1, 0.15) is 5.82 Å². The van der Waals surface area contributed by atoms with Crippen molar-refractivity contribution >= 4 is 11.7 Å². The number of carbonyl (C=O) groups is 1. The van der Waals surface area contributed by atoms with Crippen LogP contribution in [-0.2, 0) is 18.3 Å². The first kappa shape index (κ1) is 17.2. The van der Waals surface area contributed by atoms with E-state index < -0.39 is 23.3 Å². The largest absolute Gasteiger partial charge is 0.434 e. The molecule has 0 aliphatic carbocycles. The second-order valence-electron chi connectivity index (χ2n) is 6.18. The molecule has 0 fully saturated rings. The predicted molar refractivity (Wildman–Crippen MR) is 81.9 cm³/mol. The number of fused-ring (bicyclic) bond motifs is 1. The van der Waals surface area contributed by atoms with Crippen molar-refractivity contribution < 1.29 is 23.2 Å². The topological polar surface area (TPSA) is 78.4 Å². The quantitative estimate of drug-likeness (QED) is 0.642. The number of benzene rings is 1. The lowest BCUT2D eigenvalue weighted by atomic mass is 9.91. The first-order chi connectivity index (χ1) is 11.7. The van der Waals surface area contributed by atoms with Gasteiger partial charge >= 0.3 is 6.18 Å². The number of anilines is 1. The maximum absolute atomic E-state index is 12.7. The number of halogens is 3. The molecule has 2 heterocycles. The lowest BCUT2D eigenvalue weighted by Gasteiger charge is -2.33. The van der Waals surface area contributed by atoms with Crippen molar-refractivity contribution in [3.63, 3.8) is 0 Å². The fourth-order valence-electron chi connectivity index (χ4n) is 3.08. The van der Waals surface area contributed by atoms with Crippen molar-refractivity contribution in [2.24, 2.45) is 0 Å². The summed E-state index contributed by atoms with van der Waals surface area (Å²) in [5, 5.41) is 8.90. The second-order valence-corrected chi connectivity index (χ2v) is 6.18. The van der Waals surface area contributed by atoms with Gasteiger partial charge in [0.05, 0.1) is 17.9 Å². The van der Waals surface area contributed by atoms with Crippen LogP contribution in [0.15, 0.2) is 30.6 Å². The summed E-state index contributed by atoms with van der Waals surface area (Å²) in [6, 6.07) is 5.09. The lowest BCUT2D eigenvalue weighted by Crippen LogP contribution is -2.36. The molecule has 0 atom stereocenters. The highest BCUT2D eigenvalue weighted by atomic mass is 19.4. The number of hydrogen-bond acceptors (Lipinski definition) is 5. The summed E-state index contributed by atoms with van der Waals surface area (Å²) in [6.07, 6.45) is -2.79. The Kier molecular flexibility index (Phi) is 3.91. The molecular formula is C16H15F3N4O2. The molecule has 1 aromatic heterocycles. The summed E-state index contributed by atoms with van der Waals surface area (Å²) in [5.74, 6) is -0.377. The molecule has 0 radical (unpaired) electrons. The summed E-state index contributed by atoms with van der Waals surface area (Å²) < 4.78 is 38.0. The van der Waals surface area contributed by atoms with Crippen LogP contribution in [0.25, 0.3) is 0 Å². The molecule has 2 N–H and O–H groups in total. The zero-order chi connectivity index (χ0) is 18.4. The van der Waals surface area contributed by atoms with Crippen molar-refractivity contribution in [3.05, 3.63) is 53.0 Å². The zero-order valence-electron chi connectivity index (χ0n) is 13.4. The minimum Gasteiger partial charge on any atom is -0.342 e. The van der Waals surface area contributed by atoms with E-state index in [1.807, 2.05) is 19.9 Å². The Balaban J connectivity index is 2.01. The van der Waals surface area contributed by atoms with Crippen LogP contribution in [0.5, 0.6) is 0 Å². The molecule has 0 saturated carbocycles. The number of nitrogens with one attached hydrogen (secondary N) is 1. The van der Waals surface area contributed by atoms with Crippen LogP contribution < -0.4 is 10.4 Å². The Labute approximate surface area is 141 Å². The van der Waals surface area contributed by atoms with Gasteiger partial charge < -0.3 is 4.90 Å². The van der Waals surface area contributed by atoms with Crippen LogP contribution >= 0.6 is 0 Å². The molecule has 1 amide bonds. The van der Waals surface area contributed by atoms with Gasteiger partial charge in [0, 0.05) is 12.1 Å². The van der Waals surface area contributed by atoms with Gasteiger partial charge in [-0.1, -0.05) is 12.1 Å². The fraction of sp³-hybridized carbons (Fsp3) is 0.312. The van der Waals surface area contributed by atoms with E-state index in [0.717, 1.165) is 11.8 Å². The van der Waals surface area contributed by atoms with Crippen LogP contribution in [0.3, 0.4) is 0 Å². The van der Waals surface area contributed by atoms with E-state index in [9.17, 15) is 18.0 Å². The molecular weight excluding hydrogens is 337 g/mol. The van der Waals surface area contributed by atoms with E-state index in [0.29, 0.717) is 17.3 Å². The molecule has 9 heteroatoms. The number of alkyl halides is 3. The minimum atomic E-state index is -4.55. The normalized spacial score (nSPS) is 15.8. The van der Waals surface area contributed by atoms with E-state index >= 15 is 0 Å². The van der Waals surface area contributed by atoms with Gasteiger partial charge in [0.2, 0.25) is 0 Å². The number of nitrogens with zero attached hydrogens (tertiary/aromatic N) is 3. The third-order valence-electron chi connectivity index (χ3n) is 4.38. The molecule has 132 valence electrons. The molecule has 0 saturated heterocycles. The molecule has 1 aliphatic rings. The van der Waals surface area contributed by atoms with Gasteiger partial charge in [0.15, 0.2) is 5.69 Å². The maximum atomic E-state index is 12.7. The number of rotatable bonds is 2. The third kappa shape index (κ3) is 2.80. The van der Waals surface area contributed by atoms with Crippen molar-refractivity contribution in [3.8, 4) is 0 Å². The minimum absolute atomic E-state index is 0.256. The molecule has 0 bridgehead atoms.